The molecule has 1 rings (SSSR count). The van der Waals surface area contributed by atoms with Gasteiger partial charge in [-0.1, -0.05) is 0 Å². The predicted molar refractivity (Wildman–Crippen MR) is 67.8 cm³/mol. The van der Waals surface area contributed by atoms with Gasteiger partial charge >= 0.3 is 0 Å². The molecular formula is C10H18N2O2S2. The van der Waals surface area contributed by atoms with E-state index in [9.17, 15) is 8.42 Å². The highest BCUT2D eigenvalue weighted by molar-refractivity contribution is 7.90. The van der Waals surface area contributed by atoms with Crippen molar-refractivity contribution in [1.82, 2.24) is 10.3 Å². The molecular weight excluding hydrogens is 244 g/mol. The van der Waals surface area contributed by atoms with Crippen LogP contribution in [0.2, 0.25) is 0 Å². The Bertz CT molecular complexity index is 412. The summed E-state index contributed by atoms with van der Waals surface area (Å²) in [5, 5.41) is 3.24. The fourth-order valence-electron chi connectivity index (χ4n) is 1.35. The van der Waals surface area contributed by atoms with Crippen molar-refractivity contribution in [1.29, 1.82) is 0 Å². The first-order chi connectivity index (χ1) is 7.49. The van der Waals surface area contributed by atoms with Gasteiger partial charge in [-0.2, -0.15) is 0 Å². The van der Waals surface area contributed by atoms with Crippen molar-refractivity contribution in [3.63, 3.8) is 0 Å². The first-order valence-electron chi connectivity index (χ1n) is 5.26. The summed E-state index contributed by atoms with van der Waals surface area (Å²) in [6.45, 7) is 3.65. The van der Waals surface area contributed by atoms with Gasteiger partial charge in [-0.3, -0.25) is 0 Å². The number of sulfone groups is 1. The van der Waals surface area contributed by atoms with E-state index < -0.39 is 9.84 Å². The van der Waals surface area contributed by atoms with Crippen molar-refractivity contribution in [2.45, 2.75) is 19.8 Å². The number of thiazole rings is 1. The number of aromatic nitrogens is 1. The highest BCUT2D eigenvalue weighted by Gasteiger charge is 2.02. The molecule has 1 heterocycles. The first kappa shape index (κ1) is 13.6. The second kappa shape index (κ2) is 6.32. The SMILES string of the molecule is Cc1ncsc1CCNCCCS(C)(=O)=O. The lowest BCUT2D eigenvalue weighted by Gasteiger charge is -2.03. The maximum Gasteiger partial charge on any atom is 0.147 e. The molecule has 0 aliphatic carbocycles. The third-order valence-corrected chi connectivity index (χ3v) is 4.27. The zero-order valence-electron chi connectivity index (χ0n) is 9.69. The van der Waals surface area contributed by atoms with Crippen LogP contribution >= 0.6 is 11.3 Å². The summed E-state index contributed by atoms with van der Waals surface area (Å²) in [6.07, 6.45) is 2.92. The number of nitrogens with one attached hydrogen (secondary N) is 1. The molecule has 1 N–H and O–H groups in total. The van der Waals surface area contributed by atoms with Crippen molar-refractivity contribution >= 4 is 21.2 Å². The van der Waals surface area contributed by atoms with Gasteiger partial charge in [0.25, 0.3) is 0 Å². The fourth-order valence-corrected chi connectivity index (χ4v) is 2.80. The second-order valence-corrected chi connectivity index (χ2v) is 7.04. The van der Waals surface area contributed by atoms with Gasteiger partial charge in [0.15, 0.2) is 0 Å². The molecule has 0 saturated carbocycles. The van der Waals surface area contributed by atoms with E-state index in [1.165, 1.54) is 11.1 Å². The maximum absolute atomic E-state index is 10.9. The summed E-state index contributed by atoms with van der Waals surface area (Å²) >= 11 is 1.67. The molecule has 0 unspecified atom stereocenters. The molecule has 4 nitrogen and oxygen atoms in total. The lowest BCUT2D eigenvalue weighted by Crippen LogP contribution is -2.20. The normalized spacial score (nSPS) is 11.9. The van der Waals surface area contributed by atoms with Crippen molar-refractivity contribution in [2.75, 3.05) is 25.1 Å². The average Bonchev–Trinajstić information content (AvgIpc) is 2.56. The van der Waals surface area contributed by atoms with E-state index in [1.54, 1.807) is 11.3 Å². The molecule has 0 aromatic carbocycles. The zero-order valence-corrected chi connectivity index (χ0v) is 11.3. The average molecular weight is 262 g/mol. The number of nitrogens with zero attached hydrogens (tertiary/aromatic N) is 1. The first-order valence-corrected chi connectivity index (χ1v) is 8.20. The Morgan fingerprint density at radius 2 is 2.19 bits per heavy atom. The number of rotatable bonds is 7. The Kier molecular flexibility index (Phi) is 5.37. The number of hydrogen-bond acceptors (Lipinski definition) is 5. The van der Waals surface area contributed by atoms with Crippen LogP contribution < -0.4 is 5.32 Å². The van der Waals surface area contributed by atoms with Gasteiger partial charge in [0.1, 0.15) is 9.84 Å². The monoisotopic (exact) mass is 262 g/mol. The van der Waals surface area contributed by atoms with Gasteiger partial charge in [0.05, 0.1) is 17.0 Å². The van der Waals surface area contributed by atoms with Gasteiger partial charge < -0.3 is 5.32 Å². The van der Waals surface area contributed by atoms with E-state index in [0.29, 0.717) is 6.42 Å². The minimum atomic E-state index is -2.81. The van der Waals surface area contributed by atoms with Gasteiger partial charge in [-0.05, 0) is 26.3 Å². The summed E-state index contributed by atoms with van der Waals surface area (Å²) < 4.78 is 21.7. The van der Waals surface area contributed by atoms with Gasteiger partial charge in [0, 0.05) is 17.7 Å². The van der Waals surface area contributed by atoms with Crippen LogP contribution in [0.3, 0.4) is 0 Å². The Labute approximate surface area is 101 Å². The van der Waals surface area contributed by atoms with Crippen LogP contribution in [0.4, 0.5) is 0 Å². The van der Waals surface area contributed by atoms with E-state index in [1.807, 2.05) is 12.4 Å². The van der Waals surface area contributed by atoms with Crippen LogP contribution in [0.5, 0.6) is 0 Å². The molecule has 0 radical (unpaired) electrons. The highest BCUT2D eigenvalue weighted by Crippen LogP contribution is 2.11. The van der Waals surface area contributed by atoms with Crippen molar-refractivity contribution < 1.29 is 8.42 Å². The van der Waals surface area contributed by atoms with Crippen LogP contribution in [0.25, 0.3) is 0 Å². The fraction of sp³-hybridized carbons (Fsp3) is 0.700. The highest BCUT2D eigenvalue weighted by atomic mass is 32.2. The molecule has 1 aromatic rings. The quantitative estimate of drug-likeness (QED) is 0.745. The van der Waals surface area contributed by atoms with Gasteiger partial charge in [0.2, 0.25) is 0 Å². The van der Waals surface area contributed by atoms with E-state index in [2.05, 4.69) is 10.3 Å². The Hall–Kier alpha value is -0.460. The summed E-state index contributed by atoms with van der Waals surface area (Å²) in [5.41, 5.74) is 2.96. The number of aryl methyl sites for hydroxylation is 1. The van der Waals surface area contributed by atoms with E-state index in [-0.39, 0.29) is 5.75 Å². The second-order valence-electron chi connectivity index (χ2n) is 3.84. The van der Waals surface area contributed by atoms with Gasteiger partial charge in [-0.25, -0.2) is 13.4 Å². The van der Waals surface area contributed by atoms with E-state index in [0.717, 1.165) is 25.2 Å². The van der Waals surface area contributed by atoms with Gasteiger partial charge in [-0.15, -0.1) is 11.3 Å². The van der Waals surface area contributed by atoms with Crippen LogP contribution in [0, 0.1) is 6.92 Å². The van der Waals surface area contributed by atoms with Crippen molar-refractivity contribution in [3.05, 3.63) is 16.1 Å². The molecule has 0 saturated heterocycles. The molecule has 0 bridgehead atoms. The molecule has 6 heteroatoms. The third-order valence-electron chi connectivity index (χ3n) is 2.24. The molecule has 1 aromatic heterocycles. The molecule has 0 amide bonds. The summed E-state index contributed by atoms with van der Waals surface area (Å²) in [7, 11) is -2.81. The Morgan fingerprint density at radius 3 is 2.75 bits per heavy atom. The topological polar surface area (TPSA) is 59.1 Å². The molecule has 0 aliphatic heterocycles. The molecule has 0 aliphatic rings. The summed E-state index contributed by atoms with van der Waals surface area (Å²) in [5.74, 6) is 0.263. The van der Waals surface area contributed by atoms with E-state index in [4.69, 9.17) is 0 Å². The smallest absolute Gasteiger partial charge is 0.147 e. The summed E-state index contributed by atoms with van der Waals surface area (Å²) in [4.78, 5) is 5.48. The molecule has 0 fully saturated rings. The van der Waals surface area contributed by atoms with Crippen LogP contribution in [-0.2, 0) is 16.3 Å². The summed E-state index contributed by atoms with van der Waals surface area (Å²) in [6, 6.07) is 0. The Balaban J connectivity index is 2.07. The lowest BCUT2D eigenvalue weighted by molar-refractivity contribution is 0.594. The minimum Gasteiger partial charge on any atom is -0.316 e. The van der Waals surface area contributed by atoms with E-state index >= 15 is 0 Å². The lowest BCUT2D eigenvalue weighted by atomic mass is 10.3. The van der Waals surface area contributed by atoms with Crippen LogP contribution in [0.15, 0.2) is 5.51 Å². The number of hydrogen-bond donors (Lipinski definition) is 1. The molecule has 0 atom stereocenters. The zero-order chi connectivity index (χ0) is 12.0. The minimum absolute atomic E-state index is 0.263. The molecule has 16 heavy (non-hydrogen) atoms. The van der Waals surface area contributed by atoms with Crippen LogP contribution in [-0.4, -0.2) is 38.5 Å². The van der Waals surface area contributed by atoms with Crippen molar-refractivity contribution in [2.24, 2.45) is 0 Å². The third kappa shape index (κ3) is 5.58. The van der Waals surface area contributed by atoms with Crippen molar-refractivity contribution in [3.8, 4) is 0 Å². The molecule has 92 valence electrons. The standard InChI is InChI=1S/C10H18N2O2S2/c1-9-10(15-8-12-9)4-6-11-5-3-7-16(2,13)14/h8,11H,3-7H2,1-2H3. The predicted octanol–water partition coefficient (Wildman–Crippen LogP) is 1.02. The molecule has 0 spiro atoms. The Morgan fingerprint density at radius 1 is 1.44 bits per heavy atom. The van der Waals surface area contributed by atoms with Crippen LogP contribution in [0.1, 0.15) is 17.0 Å². The largest absolute Gasteiger partial charge is 0.316 e. The maximum atomic E-state index is 10.9.